The predicted octanol–water partition coefficient (Wildman–Crippen LogP) is 1.54. The van der Waals surface area contributed by atoms with Gasteiger partial charge in [-0.3, -0.25) is 4.98 Å². The fourth-order valence-electron chi connectivity index (χ4n) is 0.523. The van der Waals surface area contributed by atoms with Crippen LogP contribution in [0.5, 0.6) is 0 Å². The molecule has 1 N–H and O–H groups in total. The van der Waals surface area contributed by atoms with Crippen molar-refractivity contribution < 1.29 is 5.21 Å². The molecule has 0 amide bonds. The lowest BCUT2D eigenvalue weighted by Gasteiger charge is -1.88. The lowest BCUT2D eigenvalue weighted by molar-refractivity contribution is 0.321. The third-order valence-corrected chi connectivity index (χ3v) is 1.16. The van der Waals surface area contributed by atoms with Gasteiger partial charge in [-0.05, 0) is 12.1 Å². The van der Waals surface area contributed by atoms with Crippen LogP contribution in [0.25, 0.3) is 0 Å². The molecule has 0 bridgehead atoms. The smallest absolute Gasteiger partial charge is 0.0918 e. The second-order valence-electron chi connectivity index (χ2n) is 1.65. The molecule has 10 heavy (non-hydrogen) atoms. The summed E-state index contributed by atoms with van der Waals surface area (Å²) >= 11 is 5.54. The number of pyridine rings is 1. The van der Waals surface area contributed by atoms with Crippen molar-refractivity contribution >= 4 is 17.8 Å². The van der Waals surface area contributed by atoms with Gasteiger partial charge in [0.25, 0.3) is 0 Å². The first-order valence-electron chi connectivity index (χ1n) is 2.62. The highest BCUT2D eigenvalue weighted by atomic mass is 35.5. The zero-order valence-corrected chi connectivity index (χ0v) is 5.78. The monoisotopic (exact) mass is 156 g/mol. The van der Waals surface area contributed by atoms with Gasteiger partial charge in [0.15, 0.2) is 0 Å². The Morgan fingerprint density at radius 2 is 2.40 bits per heavy atom. The number of nitrogens with zero attached hydrogens (tertiary/aromatic N) is 2. The number of hydrogen-bond donors (Lipinski definition) is 1. The standard InChI is InChI=1S/C6H5ClN2O/c7-5-1-2-6(4-9-10)8-3-5/h1-4,10H. The average Bonchev–Trinajstić information content (AvgIpc) is 1.95. The van der Waals surface area contributed by atoms with E-state index in [9.17, 15) is 0 Å². The molecule has 0 atom stereocenters. The summed E-state index contributed by atoms with van der Waals surface area (Å²) in [4.78, 5) is 3.83. The highest BCUT2D eigenvalue weighted by molar-refractivity contribution is 6.30. The Hall–Kier alpha value is -1.09. The van der Waals surface area contributed by atoms with Crippen molar-refractivity contribution in [3.05, 3.63) is 29.0 Å². The van der Waals surface area contributed by atoms with Crippen LogP contribution in [0, 0.1) is 0 Å². The van der Waals surface area contributed by atoms with Crippen LogP contribution in [0.1, 0.15) is 5.69 Å². The zero-order chi connectivity index (χ0) is 7.40. The van der Waals surface area contributed by atoms with E-state index in [1.807, 2.05) is 0 Å². The fraction of sp³-hybridized carbons (Fsp3) is 0. The van der Waals surface area contributed by atoms with E-state index in [0.717, 1.165) is 0 Å². The number of oxime groups is 1. The number of hydrogen-bond acceptors (Lipinski definition) is 3. The number of halogens is 1. The zero-order valence-electron chi connectivity index (χ0n) is 5.03. The van der Waals surface area contributed by atoms with Crippen LogP contribution < -0.4 is 0 Å². The molecule has 3 nitrogen and oxygen atoms in total. The molecule has 0 unspecified atom stereocenters. The van der Waals surface area contributed by atoms with Gasteiger partial charge in [0.2, 0.25) is 0 Å². The second kappa shape index (κ2) is 3.17. The van der Waals surface area contributed by atoms with E-state index in [0.29, 0.717) is 10.7 Å². The summed E-state index contributed by atoms with van der Waals surface area (Å²) in [6.07, 6.45) is 2.72. The molecule has 1 rings (SSSR count). The minimum atomic E-state index is 0.565. The first-order chi connectivity index (χ1) is 4.83. The summed E-state index contributed by atoms with van der Waals surface area (Å²) in [6.45, 7) is 0. The van der Waals surface area contributed by atoms with Crippen LogP contribution in [0.3, 0.4) is 0 Å². The molecule has 0 aliphatic heterocycles. The molecule has 1 heterocycles. The van der Waals surface area contributed by atoms with Gasteiger partial charge in [0.05, 0.1) is 16.9 Å². The van der Waals surface area contributed by atoms with Crippen LogP contribution >= 0.6 is 11.6 Å². The Kier molecular flexibility index (Phi) is 2.23. The Balaban J connectivity index is 2.89. The van der Waals surface area contributed by atoms with Gasteiger partial charge in [-0.2, -0.15) is 0 Å². The van der Waals surface area contributed by atoms with Crippen molar-refractivity contribution in [3.8, 4) is 0 Å². The summed E-state index contributed by atoms with van der Waals surface area (Å²) in [5, 5.41) is 11.5. The summed E-state index contributed by atoms with van der Waals surface area (Å²) in [6, 6.07) is 3.33. The first-order valence-corrected chi connectivity index (χ1v) is 2.99. The molecule has 0 radical (unpaired) electrons. The van der Waals surface area contributed by atoms with Gasteiger partial charge in [-0.15, -0.1) is 0 Å². The summed E-state index contributed by atoms with van der Waals surface area (Å²) < 4.78 is 0. The maximum Gasteiger partial charge on any atom is 0.0918 e. The van der Waals surface area contributed by atoms with E-state index in [1.165, 1.54) is 12.4 Å². The topological polar surface area (TPSA) is 45.5 Å². The van der Waals surface area contributed by atoms with Crippen LogP contribution in [-0.2, 0) is 0 Å². The third kappa shape index (κ3) is 1.70. The van der Waals surface area contributed by atoms with Crippen molar-refractivity contribution in [1.29, 1.82) is 0 Å². The van der Waals surface area contributed by atoms with Crippen LogP contribution in [0.4, 0.5) is 0 Å². The van der Waals surface area contributed by atoms with Crippen LogP contribution in [0.2, 0.25) is 5.02 Å². The molecule has 52 valence electrons. The van der Waals surface area contributed by atoms with Gasteiger partial charge in [0, 0.05) is 6.20 Å². The van der Waals surface area contributed by atoms with Gasteiger partial charge in [-0.25, -0.2) is 0 Å². The molecule has 0 aliphatic rings. The molecule has 0 fully saturated rings. The fourth-order valence-corrected chi connectivity index (χ4v) is 0.635. The summed E-state index contributed by atoms with van der Waals surface area (Å²) in [5.41, 5.74) is 0.576. The first kappa shape index (κ1) is 7.02. The lowest BCUT2D eigenvalue weighted by atomic mass is 10.4. The lowest BCUT2D eigenvalue weighted by Crippen LogP contribution is -1.84. The minimum absolute atomic E-state index is 0.565. The molecular formula is C6H5ClN2O. The minimum Gasteiger partial charge on any atom is -0.411 e. The molecule has 1 aromatic heterocycles. The Morgan fingerprint density at radius 1 is 1.60 bits per heavy atom. The second-order valence-corrected chi connectivity index (χ2v) is 2.08. The number of aromatic nitrogens is 1. The SMILES string of the molecule is ON=Cc1ccc(Cl)cn1. The highest BCUT2D eigenvalue weighted by Gasteiger charge is 1.88. The Labute approximate surface area is 63.0 Å². The van der Waals surface area contributed by atoms with E-state index >= 15 is 0 Å². The van der Waals surface area contributed by atoms with Gasteiger partial charge in [-0.1, -0.05) is 16.8 Å². The maximum absolute atomic E-state index is 8.09. The molecule has 0 saturated carbocycles. The number of rotatable bonds is 1. The maximum atomic E-state index is 8.09. The molecule has 4 heteroatoms. The highest BCUT2D eigenvalue weighted by Crippen LogP contribution is 2.04. The van der Waals surface area contributed by atoms with Gasteiger partial charge >= 0.3 is 0 Å². The van der Waals surface area contributed by atoms with Gasteiger partial charge < -0.3 is 5.21 Å². The van der Waals surface area contributed by atoms with Crippen LogP contribution in [-0.4, -0.2) is 16.4 Å². The largest absolute Gasteiger partial charge is 0.411 e. The quantitative estimate of drug-likeness (QED) is 0.381. The predicted molar refractivity (Wildman–Crippen MR) is 38.6 cm³/mol. The van der Waals surface area contributed by atoms with Crippen molar-refractivity contribution in [2.75, 3.05) is 0 Å². The van der Waals surface area contributed by atoms with Crippen molar-refractivity contribution in [3.63, 3.8) is 0 Å². The van der Waals surface area contributed by atoms with Crippen molar-refractivity contribution in [2.45, 2.75) is 0 Å². The van der Waals surface area contributed by atoms with Gasteiger partial charge in [0.1, 0.15) is 0 Å². The molecule has 0 aliphatic carbocycles. The average molecular weight is 157 g/mol. The molecule has 0 saturated heterocycles. The van der Waals surface area contributed by atoms with Crippen LogP contribution in [0.15, 0.2) is 23.5 Å². The normalized spacial score (nSPS) is 10.5. The Bertz CT molecular complexity index is 232. The molecule has 0 spiro atoms. The summed E-state index contributed by atoms with van der Waals surface area (Å²) in [5.74, 6) is 0. The summed E-state index contributed by atoms with van der Waals surface area (Å²) in [7, 11) is 0. The molecule has 1 aromatic rings. The van der Waals surface area contributed by atoms with Crippen molar-refractivity contribution in [1.82, 2.24) is 4.98 Å². The van der Waals surface area contributed by atoms with E-state index in [1.54, 1.807) is 12.1 Å². The van der Waals surface area contributed by atoms with E-state index in [4.69, 9.17) is 16.8 Å². The Morgan fingerprint density at radius 3 is 2.90 bits per heavy atom. The van der Waals surface area contributed by atoms with E-state index in [2.05, 4.69) is 10.1 Å². The molecular weight excluding hydrogens is 152 g/mol. The van der Waals surface area contributed by atoms with E-state index in [-0.39, 0.29) is 0 Å². The van der Waals surface area contributed by atoms with Crippen molar-refractivity contribution in [2.24, 2.45) is 5.16 Å². The third-order valence-electron chi connectivity index (χ3n) is 0.940. The molecule has 0 aromatic carbocycles. The van der Waals surface area contributed by atoms with E-state index < -0.39 is 0 Å².